The van der Waals surface area contributed by atoms with Gasteiger partial charge in [0.25, 0.3) is 0 Å². The van der Waals surface area contributed by atoms with Crippen LogP contribution in [-0.4, -0.2) is 28.7 Å². The molecule has 0 bridgehead atoms. The molecular weight excluding hydrogens is 215 g/mol. The number of nitro groups is 1. The molecule has 1 aromatic carbocycles. The van der Waals surface area contributed by atoms with Crippen molar-refractivity contribution < 1.29 is 14.4 Å². The van der Waals surface area contributed by atoms with Crippen LogP contribution in [0.25, 0.3) is 0 Å². The number of hydrogen-bond donors (Lipinski definition) is 2. The van der Waals surface area contributed by atoms with Gasteiger partial charge in [-0.3, -0.25) is 10.1 Å². The van der Waals surface area contributed by atoms with Crippen LogP contribution in [0.3, 0.4) is 0 Å². The number of nitro benzene ring substituents is 1. The lowest BCUT2D eigenvalue weighted by atomic mass is 9.89. The maximum Gasteiger partial charge on any atom is 0.304 e. The average Bonchev–Trinajstić information content (AvgIpc) is 2.14. The van der Waals surface area contributed by atoms with Gasteiger partial charge in [0, 0.05) is 25.6 Å². The Labute approximate surface area is 91.0 Å². The molecule has 16 heavy (non-hydrogen) atoms. The first-order valence-electron chi connectivity index (χ1n) is 4.86. The highest BCUT2D eigenvalue weighted by molar-refractivity contribution is 5.35. The minimum Gasteiger partial charge on any atom is -0.387 e. The second-order valence-electron chi connectivity index (χ2n) is 4.05. The van der Waals surface area contributed by atoms with Gasteiger partial charge in [0.1, 0.15) is 0 Å². The summed E-state index contributed by atoms with van der Waals surface area (Å²) in [5, 5.41) is 23.1. The fourth-order valence-corrected chi connectivity index (χ4v) is 1.73. The van der Waals surface area contributed by atoms with Gasteiger partial charge in [0.2, 0.25) is 5.82 Å². The lowest BCUT2D eigenvalue weighted by molar-refractivity contribution is -0.387. The molecule has 1 fully saturated rings. The number of nitrogens with zero attached hydrogens (tertiary/aromatic N) is 1. The van der Waals surface area contributed by atoms with E-state index in [1.807, 2.05) is 0 Å². The monoisotopic (exact) mass is 226 g/mol. The molecular formula is C10H11FN2O3. The molecule has 0 amide bonds. The van der Waals surface area contributed by atoms with Gasteiger partial charge in [-0.2, -0.15) is 4.39 Å². The van der Waals surface area contributed by atoms with Crippen molar-refractivity contribution in [2.75, 3.05) is 13.1 Å². The molecule has 1 heterocycles. The summed E-state index contributed by atoms with van der Waals surface area (Å²) in [6.07, 6.45) is 0.301. The smallest absolute Gasteiger partial charge is 0.304 e. The number of β-amino-alcohol motifs (C(OH)–C–C–N with tert-alkyl or cyclic N) is 1. The van der Waals surface area contributed by atoms with Crippen molar-refractivity contribution in [3.63, 3.8) is 0 Å². The molecule has 2 rings (SSSR count). The predicted molar refractivity (Wildman–Crippen MR) is 54.6 cm³/mol. The van der Waals surface area contributed by atoms with Crippen molar-refractivity contribution in [2.45, 2.75) is 12.0 Å². The molecule has 0 atom stereocenters. The van der Waals surface area contributed by atoms with Crippen LogP contribution in [0.1, 0.15) is 5.56 Å². The van der Waals surface area contributed by atoms with Crippen molar-refractivity contribution in [1.29, 1.82) is 0 Å². The zero-order chi connectivity index (χ0) is 11.8. The van der Waals surface area contributed by atoms with Crippen LogP contribution in [0, 0.1) is 15.9 Å². The summed E-state index contributed by atoms with van der Waals surface area (Å²) >= 11 is 0. The summed E-state index contributed by atoms with van der Waals surface area (Å²) in [6.45, 7) is 0.928. The molecule has 0 aliphatic carbocycles. The number of nitrogens with one attached hydrogen (secondary N) is 1. The van der Waals surface area contributed by atoms with E-state index in [1.165, 1.54) is 6.07 Å². The molecule has 0 aromatic heterocycles. The Kier molecular flexibility index (Phi) is 2.61. The minimum atomic E-state index is -0.863. The van der Waals surface area contributed by atoms with Crippen LogP contribution < -0.4 is 5.32 Å². The van der Waals surface area contributed by atoms with E-state index < -0.39 is 22.0 Å². The van der Waals surface area contributed by atoms with Gasteiger partial charge in [0.15, 0.2) is 0 Å². The van der Waals surface area contributed by atoms with E-state index in [1.54, 1.807) is 0 Å². The van der Waals surface area contributed by atoms with Gasteiger partial charge >= 0.3 is 5.69 Å². The number of benzene rings is 1. The highest BCUT2D eigenvalue weighted by atomic mass is 19.1. The first-order valence-corrected chi connectivity index (χ1v) is 4.86. The van der Waals surface area contributed by atoms with E-state index in [2.05, 4.69) is 5.32 Å². The summed E-state index contributed by atoms with van der Waals surface area (Å²) in [6, 6.07) is 3.70. The SMILES string of the molecule is O=[N+]([O-])c1ccc(CC2(O)CNC2)cc1F. The van der Waals surface area contributed by atoms with E-state index in [-0.39, 0.29) is 0 Å². The Hall–Kier alpha value is -1.53. The first kappa shape index (κ1) is 11.0. The zero-order valence-corrected chi connectivity index (χ0v) is 8.44. The fourth-order valence-electron chi connectivity index (χ4n) is 1.73. The maximum absolute atomic E-state index is 13.3. The number of rotatable bonds is 3. The van der Waals surface area contributed by atoms with E-state index >= 15 is 0 Å². The second kappa shape index (κ2) is 3.80. The van der Waals surface area contributed by atoms with Gasteiger partial charge in [-0.25, -0.2) is 0 Å². The summed E-state index contributed by atoms with van der Waals surface area (Å²) < 4.78 is 13.3. The number of aliphatic hydroxyl groups is 1. The zero-order valence-electron chi connectivity index (χ0n) is 8.44. The van der Waals surface area contributed by atoms with Crippen molar-refractivity contribution >= 4 is 5.69 Å². The number of hydrogen-bond acceptors (Lipinski definition) is 4. The molecule has 1 saturated heterocycles. The topological polar surface area (TPSA) is 75.4 Å². The molecule has 0 unspecified atom stereocenters. The minimum absolute atomic E-state index is 0.301. The summed E-state index contributed by atoms with van der Waals surface area (Å²) in [5.41, 5.74) is -0.822. The van der Waals surface area contributed by atoms with Crippen LogP contribution >= 0.6 is 0 Å². The quantitative estimate of drug-likeness (QED) is 0.585. The molecule has 5 nitrogen and oxygen atoms in total. The molecule has 2 N–H and O–H groups in total. The maximum atomic E-state index is 13.3. The first-order chi connectivity index (χ1) is 7.50. The molecule has 0 radical (unpaired) electrons. The fraction of sp³-hybridized carbons (Fsp3) is 0.400. The third-order valence-electron chi connectivity index (χ3n) is 2.65. The Balaban J connectivity index is 2.18. The molecule has 0 spiro atoms. The van der Waals surface area contributed by atoms with Gasteiger partial charge in [-0.05, 0) is 11.6 Å². The molecule has 1 aliphatic heterocycles. The molecule has 1 aliphatic rings. The van der Waals surface area contributed by atoms with Gasteiger partial charge in [-0.15, -0.1) is 0 Å². The van der Waals surface area contributed by atoms with Crippen molar-refractivity contribution in [3.8, 4) is 0 Å². The Morgan fingerprint density at radius 1 is 1.56 bits per heavy atom. The van der Waals surface area contributed by atoms with Crippen molar-refractivity contribution in [1.82, 2.24) is 5.32 Å². The van der Waals surface area contributed by atoms with Crippen LogP contribution in [0.5, 0.6) is 0 Å². The highest BCUT2D eigenvalue weighted by Gasteiger charge is 2.34. The summed E-state index contributed by atoms with van der Waals surface area (Å²) in [4.78, 5) is 9.63. The molecule has 6 heteroatoms. The van der Waals surface area contributed by atoms with Crippen LogP contribution in [0.15, 0.2) is 18.2 Å². The Bertz CT molecular complexity index is 432. The summed E-state index contributed by atoms with van der Waals surface area (Å²) in [5.74, 6) is -0.863. The van der Waals surface area contributed by atoms with Crippen LogP contribution in [0.2, 0.25) is 0 Å². The van der Waals surface area contributed by atoms with Gasteiger partial charge in [0.05, 0.1) is 10.5 Å². The largest absolute Gasteiger partial charge is 0.387 e. The van der Waals surface area contributed by atoms with E-state index in [0.717, 1.165) is 12.1 Å². The Morgan fingerprint density at radius 2 is 2.25 bits per heavy atom. The average molecular weight is 226 g/mol. The lowest BCUT2D eigenvalue weighted by Gasteiger charge is -2.37. The van der Waals surface area contributed by atoms with Crippen molar-refractivity contribution in [3.05, 3.63) is 39.7 Å². The van der Waals surface area contributed by atoms with E-state index in [0.29, 0.717) is 25.1 Å². The standard InChI is InChI=1S/C10H11FN2O3/c11-8-3-7(1-2-9(8)13(15)16)4-10(14)5-12-6-10/h1-3,12,14H,4-6H2. The molecule has 0 saturated carbocycles. The summed E-state index contributed by atoms with van der Waals surface area (Å²) in [7, 11) is 0. The lowest BCUT2D eigenvalue weighted by Crippen LogP contribution is -2.60. The Morgan fingerprint density at radius 3 is 2.69 bits per heavy atom. The second-order valence-corrected chi connectivity index (χ2v) is 4.05. The van der Waals surface area contributed by atoms with Crippen LogP contribution in [0.4, 0.5) is 10.1 Å². The van der Waals surface area contributed by atoms with Crippen molar-refractivity contribution in [2.24, 2.45) is 0 Å². The van der Waals surface area contributed by atoms with Gasteiger partial charge < -0.3 is 10.4 Å². The normalized spacial score (nSPS) is 17.9. The highest BCUT2D eigenvalue weighted by Crippen LogP contribution is 2.22. The predicted octanol–water partition coefficient (Wildman–Crippen LogP) is 0.611. The van der Waals surface area contributed by atoms with Gasteiger partial charge in [-0.1, -0.05) is 6.07 Å². The number of halogens is 1. The van der Waals surface area contributed by atoms with Crippen LogP contribution in [-0.2, 0) is 6.42 Å². The third-order valence-corrected chi connectivity index (χ3v) is 2.65. The van der Waals surface area contributed by atoms with E-state index in [4.69, 9.17) is 0 Å². The molecule has 1 aromatic rings. The third kappa shape index (κ3) is 2.02. The molecule has 86 valence electrons. The van der Waals surface area contributed by atoms with E-state index in [9.17, 15) is 19.6 Å².